The van der Waals surface area contributed by atoms with Gasteiger partial charge < -0.3 is 4.90 Å². The van der Waals surface area contributed by atoms with Crippen LogP contribution in [0.3, 0.4) is 0 Å². The van der Waals surface area contributed by atoms with Crippen LogP contribution in [0.25, 0.3) is 5.69 Å². The summed E-state index contributed by atoms with van der Waals surface area (Å²) in [4.78, 5) is 13.1. The molecule has 1 aromatic carbocycles. The molecule has 1 saturated heterocycles. The van der Waals surface area contributed by atoms with Crippen LogP contribution < -0.4 is 4.90 Å². The van der Waals surface area contributed by atoms with E-state index in [9.17, 15) is 0 Å². The fourth-order valence-corrected chi connectivity index (χ4v) is 3.18. The van der Waals surface area contributed by atoms with E-state index in [1.54, 1.807) is 21.8 Å². The van der Waals surface area contributed by atoms with Crippen molar-refractivity contribution >= 4 is 18.2 Å². The quantitative estimate of drug-likeness (QED) is 0.649. The van der Waals surface area contributed by atoms with Crippen molar-refractivity contribution in [3.8, 4) is 5.69 Å². The summed E-state index contributed by atoms with van der Waals surface area (Å²) in [6.07, 6.45) is 3.55. The highest BCUT2D eigenvalue weighted by atomic mass is 32.1. The first-order chi connectivity index (χ1) is 12.7. The Hall–Kier alpha value is -2.65. The number of hydrogen-bond donors (Lipinski definition) is 0. The van der Waals surface area contributed by atoms with Gasteiger partial charge in [0.2, 0.25) is 10.7 Å². The van der Waals surface area contributed by atoms with Crippen molar-refractivity contribution in [1.82, 2.24) is 34.7 Å². The first-order valence-corrected chi connectivity index (χ1v) is 8.96. The van der Waals surface area contributed by atoms with Crippen molar-refractivity contribution in [2.45, 2.75) is 13.6 Å². The molecule has 0 radical (unpaired) electrons. The molecule has 134 valence electrons. The minimum Gasteiger partial charge on any atom is -0.338 e. The van der Waals surface area contributed by atoms with Crippen LogP contribution in [0.2, 0.25) is 0 Å². The van der Waals surface area contributed by atoms with E-state index < -0.39 is 0 Å². The van der Waals surface area contributed by atoms with E-state index in [4.69, 9.17) is 12.2 Å². The van der Waals surface area contributed by atoms with E-state index >= 15 is 0 Å². The molecule has 1 aliphatic heterocycles. The molecule has 0 N–H and O–H groups in total. The average Bonchev–Trinajstić information content (AvgIpc) is 3.04. The Bertz CT molecular complexity index is 910. The molecule has 0 spiro atoms. The van der Waals surface area contributed by atoms with Crippen molar-refractivity contribution in [3.05, 3.63) is 53.1 Å². The summed E-state index contributed by atoms with van der Waals surface area (Å²) in [5.41, 5.74) is 2.13. The maximum absolute atomic E-state index is 5.55. The highest BCUT2D eigenvalue weighted by Crippen LogP contribution is 2.12. The van der Waals surface area contributed by atoms with Crippen LogP contribution in [0.1, 0.15) is 5.56 Å². The molecule has 9 heteroatoms. The van der Waals surface area contributed by atoms with Gasteiger partial charge in [0.25, 0.3) is 0 Å². The van der Waals surface area contributed by atoms with Gasteiger partial charge in [-0.2, -0.15) is 4.68 Å². The Morgan fingerprint density at radius 2 is 1.65 bits per heavy atom. The highest BCUT2D eigenvalue weighted by Gasteiger charge is 2.19. The minimum atomic E-state index is 0.600. The standard InChI is InChI=1S/C17H20N8S/c1-14-3-5-15(6-4-14)25-17(26)24(20-21-25)13-22-9-11-23(12-10-22)16-18-7-2-8-19-16/h2-8H,9-13H2,1H3. The molecule has 1 aliphatic rings. The van der Waals surface area contributed by atoms with Gasteiger partial charge in [-0.25, -0.2) is 14.6 Å². The third-order valence-corrected chi connectivity index (χ3v) is 4.84. The van der Waals surface area contributed by atoms with Gasteiger partial charge in [0.15, 0.2) is 0 Å². The zero-order valence-corrected chi connectivity index (χ0v) is 15.4. The smallest absolute Gasteiger partial charge is 0.225 e. The van der Waals surface area contributed by atoms with E-state index in [-0.39, 0.29) is 0 Å². The normalized spacial score (nSPS) is 15.3. The number of benzene rings is 1. The average molecular weight is 368 g/mol. The van der Waals surface area contributed by atoms with Crippen LogP contribution in [0.4, 0.5) is 5.95 Å². The van der Waals surface area contributed by atoms with E-state index in [0.29, 0.717) is 11.4 Å². The summed E-state index contributed by atoms with van der Waals surface area (Å²) in [6, 6.07) is 9.92. The fraction of sp³-hybridized carbons (Fsp3) is 0.353. The van der Waals surface area contributed by atoms with Crippen LogP contribution in [0.5, 0.6) is 0 Å². The van der Waals surface area contributed by atoms with Gasteiger partial charge in [-0.3, -0.25) is 4.90 Å². The number of piperazine rings is 1. The van der Waals surface area contributed by atoms with Gasteiger partial charge in [-0.1, -0.05) is 17.7 Å². The number of anilines is 1. The van der Waals surface area contributed by atoms with Crippen LogP contribution >= 0.6 is 12.2 Å². The maximum atomic E-state index is 5.55. The molecule has 26 heavy (non-hydrogen) atoms. The summed E-state index contributed by atoms with van der Waals surface area (Å²) in [7, 11) is 0. The highest BCUT2D eigenvalue weighted by molar-refractivity contribution is 7.71. The van der Waals surface area contributed by atoms with Crippen LogP contribution in [-0.4, -0.2) is 60.8 Å². The van der Waals surface area contributed by atoms with Crippen LogP contribution in [0, 0.1) is 11.7 Å². The molecule has 0 aliphatic carbocycles. The predicted molar refractivity (Wildman–Crippen MR) is 101 cm³/mol. The van der Waals surface area contributed by atoms with Crippen LogP contribution in [-0.2, 0) is 6.67 Å². The van der Waals surface area contributed by atoms with Gasteiger partial charge >= 0.3 is 0 Å². The van der Waals surface area contributed by atoms with E-state index in [0.717, 1.165) is 37.8 Å². The number of hydrogen-bond acceptors (Lipinski definition) is 7. The predicted octanol–water partition coefficient (Wildman–Crippen LogP) is 1.68. The lowest BCUT2D eigenvalue weighted by Gasteiger charge is -2.34. The van der Waals surface area contributed by atoms with Gasteiger partial charge in [-0.05, 0) is 47.8 Å². The summed E-state index contributed by atoms with van der Waals surface area (Å²) in [5, 5.41) is 8.44. The molecule has 3 aromatic rings. The van der Waals surface area contributed by atoms with Gasteiger partial charge in [0.1, 0.15) is 0 Å². The monoisotopic (exact) mass is 368 g/mol. The van der Waals surface area contributed by atoms with Crippen molar-refractivity contribution in [2.24, 2.45) is 0 Å². The molecule has 0 unspecified atom stereocenters. The van der Waals surface area contributed by atoms with Gasteiger partial charge in [0, 0.05) is 38.6 Å². The SMILES string of the molecule is Cc1ccc(-n2nnn(CN3CCN(c4ncccn4)CC3)c2=S)cc1. The number of aryl methyl sites for hydroxylation is 1. The molecule has 8 nitrogen and oxygen atoms in total. The number of rotatable bonds is 4. The van der Waals surface area contributed by atoms with Crippen molar-refractivity contribution in [3.63, 3.8) is 0 Å². The Kier molecular flexibility index (Phi) is 4.72. The summed E-state index contributed by atoms with van der Waals surface area (Å²) < 4.78 is 4.06. The summed E-state index contributed by atoms with van der Waals surface area (Å²) in [5.74, 6) is 0.786. The Balaban J connectivity index is 1.41. The zero-order valence-electron chi connectivity index (χ0n) is 14.6. The third-order valence-electron chi connectivity index (χ3n) is 4.46. The second-order valence-electron chi connectivity index (χ2n) is 6.30. The molecule has 0 atom stereocenters. The largest absolute Gasteiger partial charge is 0.338 e. The molecule has 4 rings (SSSR count). The second kappa shape index (κ2) is 7.30. The van der Waals surface area contributed by atoms with Crippen molar-refractivity contribution < 1.29 is 0 Å². The number of aromatic nitrogens is 6. The van der Waals surface area contributed by atoms with Crippen molar-refractivity contribution in [1.29, 1.82) is 0 Å². The topological polar surface area (TPSA) is 67.9 Å². The Morgan fingerprint density at radius 1 is 0.962 bits per heavy atom. The van der Waals surface area contributed by atoms with Crippen LogP contribution in [0.15, 0.2) is 42.7 Å². The lowest BCUT2D eigenvalue weighted by Crippen LogP contribution is -2.47. The second-order valence-corrected chi connectivity index (χ2v) is 6.67. The van der Waals surface area contributed by atoms with E-state index in [1.807, 2.05) is 30.3 Å². The van der Waals surface area contributed by atoms with Gasteiger partial charge in [0.05, 0.1) is 12.4 Å². The molecule has 0 amide bonds. The molecule has 2 aromatic heterocycles. The molecule has 1 fully saturated rings. The fourth-order valence-electron chi connectivity index (χ4n) is 2.94. The first kappa shape index (κ1) is 16.8. The molecule has 0 bridgehead atoms. The van der Waals surface area contributed by atoms with E-state index in [1.165, 1.54) is 5.56 Å². The third kappa shape index (κ3) is 3.49. The Labute approximate surface area is 156 Å². The summed E-state index contributed by atoms with van der Waals surface area (Å²) in [6.45, 7) is 6.25. The Morgan fingerprint density at radius 3 is 2.35 bits per heavy atom. The summed E-state index contributed by atoms with van der Waals surface area (Å²) >= 11 is 5.55. The number of nitrogens with zero attached hydrogens (tertiary/aromatic N) is 8. The van der Waals surface area contributed by atoms with Crippen molar-refractivity contribution in [2.75, 3.05) is 31.1 Å². The zero-order chi connectivity index (χ0) is 17.9. The van der Waals surface area contributed by atoms with E-state index in [2.05, 4.69) is 37.1 Å². The molecular weight excluding hydrogens is 348 g/mol. The lowest BCUT2D eigenvalue weighted by molar-refractivity contribution is 0.192. The lowest BCUT2D eigenvalue weighted by atomic mass is 10.2. The molecule has 3 heterocycles. The first-order valence-electron chi connectivity index (χ1n) is 8.55. The molecular formula is C17H20N8S. The minimum absolute atomic E-state index is 0.600. The maximum Gasteiger partial charge on any atom is 0.225 e. The number of tetrazole rings is 1. The van der Waals surface area contributed by atoms with Gasteiger partial charge in [-0.15, -0.1) is 0 Å². The molecule has 0 saturated carbocycles.